The van der Waals surface area contributed by atoms with Gasteiger partial charge in [0.15, 0.2) is 11.5 Å². The Bertz CT molecular complexity index is 839. The Morgan fingerprint density at radius 1 is 1.22 bits per heavy atom. The van der Waals surface area contributed by atoms with Crippen molar-refractivity contribution in [2.24, 2.45) is 0 Å². The first-order chi connectivity index (χ1) is 11.2. The Morgan fingerprint density at radius 2 is 2.09 bits per heavy atom. The molecule has 0 unspecified atom stereocenters. The van der Waals surface area contributed by atoms with Crippen LogP contribution in [0.25, 0.3) is 11.5 Å². The van der Waals surface area contributed by atoms with Crippen molar-refractivity contribution in [3.8, 4) is 23.0 Å². The van der Waals surface area contributed by atoms with Gasteiger partial charge in [-0.05, 0) is 25.1 Å². The zero-order valence-corrected chi connectivity index (χ0v) is 13.1. The molecule has 8 heteroatoms. The van der Waals surface area contributed by atoms with Gasteiger partial charge in [0.05, 0.1) is 10.7 Å². The predicted molar refractivity (Wildman–Crippen MR) is 81.5 cm³/mol. The maximum Gasteiger partial charge on any atom is 0.247 e. The molecule has 0 aliphatic carbocycles. The molecule has 0 saturated carbocycles. The van der Waals surface area contributed by atoms with E-state index in [0.29, 0.717) is 35.5 Å². The minimum absolute atomic E-state index is 0.236. The number of benzene rings is 1. The van der Waals surface area contributed by atoms with E-state index >= 15 is 0 Å². The highest BCUT2D eigenvalue weighted by Crippen LogP contribution is 2.35. The molecular weight excluding hydrogens is 320 g/mol. The van der Waals surface area contributed by atoms with Crippen LogP contribution < -0.4 is 9.47 Å². The van der Waals surface area contributed by atoms with Crippen molar-refractivity contribution >= 4 is 11.6 Å². The van der Waals surface area contributed by atoms with E-state index in [1.807, 2.05) is 25.1 Å². The van der Waals surface area contributed by atoms with E-state index in [9.17, 15) is 0 Å². The van der Waals surface area contributed by atoms with Crippen LogP contribution in [0.1, 0.15) is 11.6 Å². The van der Waals surface area contributed by atoms with Gasteiger partial charge in [0.25, 0.3) is 0 Å². The summed E-state index contributed by atoms with van der Waals surface area (Å²) in [6, 6.07) is 5.52. The van der Waals surface area contributed by atoms with Gasteiger partial charge >= 0.3 is 0 Å². The van der Waals surface area contributed by atoms with Crippen molar-refractivity contribution in [3.05, 3.63) is 41.0 Å². The summed E-state index contributed by atoms with van der Waals surface area (Å²) in [5.41, 5.74) is 1.60. The number of hydrogen-bond donors (Lipinski definition) is 0. The van der Waals surface area contributed by atoms with Gasteiger partial charge in [0, 0.05) is 24.7 Å². The van der Waals surface area contributed by atoms with Gasteiger partial charge in [-0.25, -0.2) is 0 Å². The third-order valence-corrected chi connectivity index (χ3v) is 3.90. The first-order valence-corrected chi connectivity index (χ1v) is 7.49. The van der Waals surface area contributed by atoms with E-state index in [4.69, 9.17) is 25.5 Å². The van der Waals surface area contributed by atoms with Gasteiger partial charge < -0.3 is 13.9 Å². The molecule has 118 valence electrons. The van der Waals surface area contributed by atoms with Crippen molar-refractivity contribution in [1.82, 2.24) is 20.0 Å². The van der Waals surface area contributed by atoms with Crippen LogP contribution in [0.15, 0.2) is 28.8 Å². The third-order valence-electron chi connectivity index (χ3n) is 3.53. The minimum atomic E-state index is 0.236. The number of nitrogens with zero attached hydrogens (tertiary/aromatic N) is 4. The fraction of sp³-hybridized carbons (Fsp3) is 0.267. The molecule has 0 atom stereocenters. The van der Waals surface area contributed by atoms with E-state index in [1.165, 1.54) is 0 Å². The molecule has 0 radical (unpaired) electrons. The Kier molecular flexibility index (Phi) is 3.42. The summed E-state index contributed by atoms with van der Waals surface area (Å²) in [5, 5.41) is 13.1. The van der Waals surface area contributed by atoms with E-state index in [2.05, 4.69) is 15.3 Å². The van der Waals surface area contributed by atoms with Crippen molar-refractivity contribution < 1.29 is 13.9 Å². The second-order valence-corrected chi connectivity index (χ2v) is 5.55. The largest absolute Gasteiger partial charge is 0.454 e. The average molecular weight is 333 g/mol. The van der Waals surface area contributed by atoms with Crippen LogP contribution in [0.2, 0.25) is 5.02 Å². The minimum Gasteiger partial charge on any atom is -0.454 e. The molecule has 1 aromatic carbocycles. The van der Waals surface area contributed by atoms with E-state index in [1.54, 1.807) is 10.9 Å². The molecule has 7 nitrogen and oxygen atoms in total. The van der Waals surface area contributed by atoms with Crippen molar-refractivity contribution in [1.29, 1.82) is 0 Å². The van der Waals surface area contributed by atoms with Crippen molar-refractivity contribution in [2.75, 3.05) is 6.79 Å². The normalized spacial score (nSPS) is 12.8. The number of rotatable bonds is 4. The Morgan fingerprint density at radius 3 is 2.91 bits per heavy atom. The monoisotopic (exact) mass is 332 g/mol. The lowest BCUT2D eigenvalue weighted by Crippen LogP contribution is -2.02. The maximum atomic E-state index is 5.98. The van der Waals surface area contributed by atoms with Crippen LogP contribution in [0.4, 0.5) is 0 Å². The summed E-state index contributed by atoms with van der Waals surface area (Å²) < 4.78 is 18.1. The third kappa shape index (κ3) is 2.75. The van der Waals surface area contributed by atoms with E-state index in [0.717, 1.165) is 17.0 Å². The van der Waals surface area contributed by atoms with Gasteiger partial charge in [-0.2, -0.15) is 5.10 Å². The van der Waals surface area contributed by atoms with Crippen LogP contribution in [0, 0.1) is 6.92 Å². The highest BCUT2D eigenvalue weighted by Gasteiger charge is 2.16. The number of halogens is 1. The zero-order valence-electron chi connectivity index (χ0n) is 12.3. The number of aryl methyl sites for hydroxylation is 3. The average Bonchev–Trinajstić information content (AvgIpc) is 3.25. The number of ether oxygens (including phenoxy) is 2. The summed E-state index contributed by atoms with van der Waals surface area (Å²) in [6.07, 6.45) is 2.36. The first kappa shape index (κ1) is 14.1. The van der Waals surface area contributed by atoms with E-state index < -0.39 is 0 Å². The van der Waals surface area contributed by atoms with Crippen LogP contribution in [0.5, 0.6) is 11.5 Å². The van der Waals surface area contributed by atoms with Gasteiger partial charge in [-0.15, -0.1) is 10.2 Å². The molecule has 2 aromatic heterocycles. The Balaban J connectivity index is 1.48. The zero-order chi connectivity index (χ0) is 15.8. The van der Waals surface area contributed by atoms with Gasteiger partial charge in [0.2, 0.25) is 18.6 Å². The van der Waals surface area contributed by atoms with Crippen LogP contribution in [0.3, 0.4) is 0 Å². The quantitative estimate of drug-likeness (QED) is 0.731. The summed E-state index contributed by atoms with van der Waals surface area (Å²) in [7, 11) is 0. The molecule has 3 aromatic rings. The van der Waals surface area contributed by atoms with Gasteiger partial charge in [0.1, 0.15) is 0 Å². The smallest absolute Gasteiger partial charge is 0.247 e. The van der Waals surface area contributed by atoms with Crippen LogP contribution in [-0.4, -0.2) is 26.8 Å². The molecule has 0 N–H and O–H groups in total. The lowest BCUT2D eigenvalue weighted by Gasteiger charge is -1.98. The van der Waals surface area contributed by atoms with Crippen molar-refractivity contribution in [2.45, 2.75) is 19.9 Å². The molecule has 0 bridgehead atoms. The number of aromatic nitrogens is 4. The summed E-state index contributed by atoms with van der Waals surface area (Å²) in [5.74, 6) is 2.40. The van der Waals surface area contributed by atoms with Gasteiger partial charge in [-0.3, -0.25) is 4.68 Å². The molecule has 1 aliphatic heterocycles. The van der Waals surface area contributed by atoms with Crippen LogP contribution in [-0.2, 0) is 13.0 Å². The molecule has 0 saturated heterocycles. The fourth-order valence-electron chi connectivity index (χ4n) is 2.32. The SMILES string of the molecule is Cc1nn(CCc2nnc(-c3ccc4c(c3)OCO4)o2)cc1Cl. The number of fused-ring (bicyclic) bond motifs is 1. The van der Waals surface area contributed by atoms with E-state index in [-0.39, 0.29) is 6.79 Å². The second kappa shape index (κ2) is 5.58. The molecule has 23 heavy (non-hydrogen) atoms. The van der Waals surface area contributed by atoms with Gasteiger partial charge in [-0.1, -0.05) is 11.6 Å². The second-order valence-electron chi connectivity index (χ2n) is 5.14. The molecular formula is C15H13ClN4O3. The topological polar surface area (TPSA) is 75.2 Å². The summed E-state index contributed by atoms with van der Waals surface area (Å²) in [4.78, 5) is 0. The molecule has 0 fully saturated rings. The Labute approximate surface area is 136 Å². The molecule has 3 heterocycles. The molecule has 0 amide bonds. The highest BCUT2D eigenvalue weighted by molar-refractivity contribution is 6.31. The fourth-order valence-corrected chi connectivity index (χ4v) is 2.47. The molecule has 0 spiro atoms. The highest BCUT2D eigenvalue weighted by atomic mass is 35.5. The molecule has 1 aliphatic rings. The van der Waals surface area contributed by atoms with Crippen molar-refractivity contribution in [3.63, 3.8) is 0 Å². The standard InChI is InChI=1S/C15H13ClN4O3/c1-9-11(16)7-20(19-9)5-4-14-17-18-15(23-14)10-2-3-12-13(6-10)22-8-21-12/h2-3,6-7H,4-5,8H2,1H3. The first-order valence-electron chi connectivity index (χ1n) is 7.11. The number of hydrogen-bond acceptors (Lipinski definition) is 6. The maximum absolute atomic E-state index is 5.98. The Hall–Kier alpha value is -2.54. The van der Waals surface area contributed by atoms with Crippen LogP contribution >= 0.6 is 11.6 Å². The summed E-state index contributed by atoms with van der Waals surface area (Å²) in [6.45, 7) is 2.72. The lowest BCUT2D eigenvalue weighted by atomic mass is 10.2. The predicted octanol–water partition coefficient (Wildman–Crippen LogP) is 2.87. The summed E-state index contributed by atoms with van der Waals surface area (Å²) >= 11 is 5.98. The lowest BCUT2D eigenvalue weighted by molar-refractivity contribution is 0.174. The molecule has 4 rings (SSSR count).